The smallest absolute Gasteiger partial charge is 0.309 e. The Morgan fingerprint density at radius 1 is 1.16 bits per heavy atom. The molecule has 0 aliphatic carbocycles. The highest BCUT2D eigenvalue weighted by atomic mass is 16.4. The molecule has 0 aromatic heterocycles. The van der Waals surface area contributed by atoms with E-state index in [1.807, 2.05) is 0 Å². The van der Waals surface area contributed by atoms with Gasteiger partial charge in [0.2, 0.25) is 0 Å². The molecule has 0 radical (unpaired) electrons. The minimum absolute atomic E-state index is 0.650. The van der Waals surface area contributed by atoms with Crippen LogP contribution in [0.25, 0.3) is 6.08 Å². The summed E-state index contributed by atoms with van der Waals surface area (Å²) in [4.78, 5) is 11.0. The van der Waals surface area contributed by atoms with Gasteiger partial charge in [-0.3, -0.25) is 4.79 Å². The van der Waals surface area contributed by atoms with E-state index in [1.165, 1.54) is 22.3 Å². The van der Waals surface area contributed by atoms with Gasteiger partial charge in [0.05, 0.1) is 5.41 Å². The Labute approximate surface area is 116 Å². The van der Waals surface area contributed by atoms with E-state index in [1.54, 1.807) is 13.8 Å². The van der Waals surface area contributed by atoms with E-state index in [2.05, 4.69) is 45.1 Å². The number of carbonyl (C=O) groups is 1. The third-order valence-electron chi connectivity index (χ3n) is 3.69. The molecule has 0 saturated heterocycles. The van der Waals surface area contributed by atoms with Crippen molar-refractivity contribution in [1.82, 2.24) is 0 Å². The minimum atomic E-state index is -0.733. The molecule has 1 N–H and O–H groups in total. The minimum Gasteiger partial charge on any atom is -0.481 e. The van der Waals surface area contributed by atoms with Crippen molar-refractivity contribution in [3.8, 4) is 0 Å². The summed E-state index contributed by atoms with van der Waals surface area (Å²) in [6.45, 7) is 9.87. The molecule has 0 aliphatic heterocycles. The molecule has 1 rings (SSSR count). The molecule has 19 heavy (non-hydrogen) atoms. The van der Waals surface area contributed by atoms with Crippen molar-refractivity contribution >= 4 is 12.0 Å². The fourth-order valence-electron chi connectivity index (χ4n) is 1.92. The molecular weight excluding hydrogens is 236 g/mol. The summed E-state index contributed by atoms with van der Waals surface area (Å²) in [6, 6.07) is 4.37. The summed E-state index contributed by atoms with van der Waals surface area (Å²) in [5, 5.41) is 9.04. The number of benzene rings is 1. The van der Waals surface area contributed by atoms with Crippen molar-refractivity contribution in [1.29, 1.82) is 0 Å². The lowest BCUT2D eigenvalue weighted by Gasteiger charge is -2.17. The van der Waals surface area contributed by atoms with Crippen LogP contribution >= 0.6 is 0 Å². The SMILES string of the molecule is Cc1cc(C)c(/C=C/CCC(C)(C)C(=O)O)cc1C. The first-order valence-electron chi connectivity index (χ1n) is 6.72. The average Bonchev–Trinajstić information content (AvgIpc) is 2.30. The van der Waals surface area contributed by atoms with Crippen LogP contribution in [0.4, 0.5) is 0 Å². The Hall–Kier alpha value is -1.57. The lowest BCUT2D eigenvalue weighted by molar-refractivity contribution is -0.147. The van der Waals surface area contributed by atoms with Crippen LogP contribution in [0.1, 0.15) is 48.9 Å². The Morgan fingerprint density at radius 2 is 1.74 bits per heavy atom. The second kappa shape index (κ2) is 6.05. The zero-order chi connectivity index (χ0) is 14.6. The monoisotopic (exact) mass is 260 g/mol. The van der Waals surface area contributed by atoms with Crippen LogP contribution in [-0.4, -0.2) is 11.1 Å². The second-order valence-corrected chi connectivity index (χ2v) is 5.92. The first-order chi connectivity index (χ1) is 8.74. The fourth-order valence-corrected chi connectivity index (χ4v) is 1.92. The molecule has 0 unspecified atom stereocenters. The number of allylic oxidation sites excluding steroid dienone is 1. The number of aliphatic carboxylic acids is 1. The number of carboxylic acid groups (broad SMARTS) is 1. The van der Waals surface area contributed by atoms with Crippen LogP contribution in [0.15, 0.2) is 18.2 Å². The summed E-state index contributed by atoms with van der Waals surface area (Å²) in [7, 11) is 0. The molecule has 1 aromatic rings. The van der Waals surface area contributed by atoms with Gasteiger partial charge in [0.1, 0.15) is 0 Å². The normalized spacial score (nSPS) is 12.1. The lowest BCUT2D eigenvalue weighted by Crippen LogP contribution is -2.22. The molecule has 0 atom stereocenters. The van der Waals surface area contributed by atoms with E-state index in [-0.39, 0.29) is 0 Å². The zero-order valence-corrected chi connectivity index (χ0v) is 12.6. The molecule has 104 valence electrons. The summed E-state index contributed by atoms with van der Waals surface area (Å²) in [5.74, 6) is -0.733. The Balaban J connectivity index is 2.69. The maximum absolute atomic E-state index is 11.0. The number of rotatable bonds is 5. The van der Waals surface area contributed by atoms with Gasteiger partial charge < -0.3 is 5.11 Å². The van der Waals surface area contributed by atoms with Crippen molar-refractivity contribution in [3.05, 3.63) is 40.5 Å². The van der Waals surface area contributed by atoms with Gasteiger partial charge in [0, 0.05) is 0 Å². The van der Waals surface area contributed by atoms with Gasteiger partial charge in [-0.05, 0) is 69.7 Å². The molecule has 0 fully saturated rings. The van der Waals surface area contributed by atoms with E-state index >= 15 is 0 Å². The van der Waals surface area contributed by atoms with E-state index in [0.717, 1.165) is 6.42 Å². The van der Waals surface area contributed by atoms with Crippen molar-refractivity contribution in [2.75, 3.05) is 0 Å². The average molecular weight is 260 g/mol. The molecule has 0 heterocycles. The number of aryl methyl sites for hydroxylation is 3. The second-order valence-electron chi connectivity index (χ2n) is 5.92. The molecule has 2 nitrogen and oxygen atoms in total. The van der Waals surface area contributed by atoms with Gasteiger partial charge in [-0.15, -0.1) is 0 Å². The third kappa shape index (κ3) is 4.23. The number of carboxylic acids is 1. The van der Waals surface area contributed by atoms with E-state index in [9.17, 15) is 4.79 Å². The molecular formula is C17H24O2. The standard InChI is InChI=1S/C17H24O2/c1-12-10-14(3)15(11-13(12)2)8-6-7-9-17(4,5)16(18)19/h6,8,10-11H,7,9H2,1-5H3,(H,18,19)/b8-6+. The molecule has 0 spiro atoms. The van der Waals surface area contributed by atoms with E-state index in [0.29, 0.717) is 6.42 Å². The molecule has 1 aromatic carbocycles. The maximum Gasteiger partial charge on any atom is 0.309 e. The van der Waals surface area contributed by atoms with E-state index in [4.69, 9.17) is 5.11 Å². The van der Waals surface area contributed by atoms with Crippen molar-refractivity contribution in [2.45, 2.75) is 47.5 Å². The van der Waals surface area contributed by atoms with Gasteiger partial charge in [-0.2, -0.15) is 0 Å². The molecule has 2 heteroatoms. The molecule has 0 bridgehead atoms. The first-order valence-corrected chi connectivity index (χ1v) is 6.72. The van der Waals surface area contributed by atoms with Gasteiger partial charge in [0.15, 0.2) is 0 Å². The number of hydrogen-bond donors (Lipinski definition) is 1. The predicted molar refractivity (Wildman–Crippen MR) is 80.3 cm³/mol. The maximum atomic E-state index is 11.0. The van der Waals surface area contributed by atoms with Gasteiger partial charge >= 0.3 is 5.97 Å². The predicted octanol–water partition coefficient (Wildman–Crippen LogP) is 4.52. The van der Waals surface area contributed by atoms with Crippen molar-refractivity contribution < 1.29 is 9.90 Å². The largest absolute Gasteiger partial charge is 0.481 e. The van der Waals surface area contributed by atoms with Gasteiger partial charge in [-0.25, -0.2) is 0 Å². The Bertz CT molecular complexity index is 496. The lowest BCUT2D eigenvalue weighted by atomic mass is 9.88. The summed E-state index contributed by atoms with van der Waals surface area (Å²) >= 11 is 0. The first kappa shape index (κ1) is 15.5. The summed E-state index contributed by atoms with van der Waals surface area (Å²) in [5.41, 5.74) is 4.42. The van der Waals surface area contributed by atoms with Crippen molar-refractivity contribution in [3.63, 3.8) is 0 Å². The Morgan fingerprint density at radius 3 is 2.32 bits per heavy atom. The van der Waals surface area contributed by atoms with Crippen LogP contribution in [0, 0.1) is 26.2 Å². The number of hydrogen-bond acceptors (Lipinski definition) is 1. The van der Waals surface area contributed by atoms with Crippen LogP contribution in [0.5, 0.6) is 0 Å². The third-order valence-corrected chi connectivity index (χ3v) is 3.69. The zero-order valence-electron chi connectivity index (χ0n) is 12.6. The fraction of sp³-hybridized carbons (Fsp3) is 0.471. The molecule has 0 amide bonds. The highest BCUT2D eigenvalue weighted by molar-refractivity contribution is 5.73. The van der Waals surface area contributed by atoms with Crippen LogP contribution in [0.3, 0.4) is 0 Å². The van der Waals surface area contributed by atoms with E-state index < -0.39 is 11.4 Å². The Kier molecular flexibility index (Phi) is 4.93. The van der Waals surface area contributed by atoms with Crippen molar-refractivity contribution in [2.24, 2.45) is 5.41 Å². The summed E-state index contributed by atoms with van der Waals surface area (Å²) in [6.07, 6.45) is 5.61. The highest BCUT2D eigenvalue weighted by Crippen LogP contribution is 2.23. The highest BCUT2D eigenvalue weighted by Gasteiger charge is 2.25. The van der Waals surface area contributed by atoms with Crippen LogP contribution in [-0.2, 0) is 4.79 Å². The molecule has 0 aliphatic rings. The van der Waals surface area contributed by atoms with Gasteiger partial charge in [-0.1, -0.05) is 24.3 Å². The van der Waals surface area contributed by atoms with Gasteiger partial charge in [0.25, 0.3) is 0 Å². The quantitative estimate of drug-likeness (QED) is 0.845. The topological polar surface area (TPSA) is 37.3 Å². The summed E-state index contributed by atoms with van der Waals surface area (Å²) < 4.78 is 0. The van der Waals surface area contributed by atoms with Crippen LogP contribution in [0.2, 0.25) is 0 Å². The molecule has 0 saturated carbocycles. The van der Waals surface area contributed by atoms with Crippen LogP contribution < -0.4 is 0 Å².